The Labute approximate surface area is 89.3 Å². The fraction of sp³-hybridized carbons (Fsp3) is 0.923. The van der Waals surface area contributed by atoms with Crippen LogP contribution in [0.3, 0.4) is 0 Å². The molecule has 0 bridgehead atoms. The van der Waals surface area contributed by atoms with Gasteiger partial charge in [-0.2, -0.15) is 0 Å². The van der Waals surface area contributed by atoms with Crippen molar-refractivity contribution < 1.29 is 4.79 Å². The minimum absolute atomic E-state index is 0.349. The van der Waals surface area contributed by atoms with Gasteiger partial charge in [0.1, 0.15) is 5.78 Å². The molecule has 14 heavy (non-hydrogen) atoms. The van der Waals surface area contributed by atoms with Crippen LogP contribution in [0.2, 0.25) is 0 Å². The van der Waals surface area contributed by atoms with Crippen LogP contribution in [0.1, 0.15) is 72.1 Å². The highest BCUT2D eigenvalue weighted by Crippen LogP contribution is 2.16. The highest BCUT2D eigenvalue weighted by atomic mass is 16.1. The van der Waals surface area contributed by atoms with Crippen LogP contribution in [-0.4, -0.2) is 5.78 Å². The molecule has 1 nitrogen and oxygen atoms in total. The van der Waals surface area contributed by atoms with Gasteiger partial charge in [0.2, 0.25) is 0 Å². The Hall–Kier alpha value is -0.330. The summed E-state index contributed by atoms with van der Waals surface area (Å²) < 4.78 is 0. The molecule has 0 rings (SSSR count). The maximum Gasteiger partial charge on any atom is 0.135 e. The highest BCUT2D eigenvalue weighted by molar-refractivity contribution is 5.80. The molecule has 0 radical (unpaired) electrons. The molecule has 1 atom stereocenters. The Morgan fingerprint density at radius 1 is 1.00 bits per heavy atom. The molecule has 0 aliphatic heterocycles. The van der Waals surface area contributed by atoms with Gasteiger partial charge in [0, 0.05) is 12.3 Å². The van der Waals surface area contributed by atoms with E-state index in [1.165, 1.54) is 19.3 Å². The van der Waals surface area contributed by atoms with Gasteiger partial charge in [-0.15, -0.1) is 0 Å². The summed E-state index contributed by atoms with van der Waals surface area (Å²) in [5, 5.41) is 0. The van der Waals surface area contributed by atoms with E-state index in [0.717, 1.165) is 32.1 Å². The summed E-state index contributed by atoms with van der Waals surface area (Å²) in [6.07, 6.45) is 8.93. The lowest BCUT2D eigenvalue weighted by Crippen LogP contribution is -2.13. The molecule has 0 aromatic carbocycles. The maximum absolute atomic E-state index is 11.7. The SMILES string of the molecule is CCCCCCC(=O)C(CC)CCC. The number of ketones is 1. The molecule has 0 aromatic rings. The van der Waals surface area contributed by atoms with Crippen molar-refractivity contribution in [3.63, 3.8) is 0 Å². The molecule has 0 N–H and O–H groups in total. The smallest absolute Gasteiger partial charge is 0.135 e. The molecule has 0 spiro atoms. The first-order valence-electron chi connectivity index (χ1n) is 6.28. The Morgan fingerprint density at radius 3 is 2.21 bits per heavy atom. The van der Waals surface area contributed by atoms with Gasteiger partial charge >= 0.3 is 0 Å². The van der Waals surface area contributed by atoms with E-state index in [4.69, 9.17) is 0 Å². The second-order valence-corrected chi connectivity index (χ2v) is 4.17. The van der Waals surface area contributed by atoms with Crippen molar-refractivity contribution in [2.45, 2.75) is 72.1 Å². The topological polar surface area (TPSA) is 17.1 Å². The molecule has 0 heterocycles. The zero-order valence-corrected chi connectivity index (χ0v) is 10.1. The lowest BCUT2D eigenvalue weighted by atomic mass is 9.92. The first-order valence-corrected chi connectivity index (χ1v) is 6.28. The number of unbranched alkanes of at least 4 members (excludes halogenated alkanes) is 3. The summed E-state index contributed by atoms with van der Waals surface area (Å²) in [6, 6.07) is 0. The average molecular weight is 198 g/mol. The fourth-order valence-corrected chi connectivity index (χ4v) is 1.87. The molecule has 1 unspecified atom stereocenters. The number of carbonyl (C=O) groups is 1. The number of hydrogen-bond acceptors (Lipinski definition) is 1. The summed E-state index contributed by atoms with van der Waals surface area (Å²) >= 11 is 0. The van der Waals surface area contributed by atoms with Gasteiger partial charge in [0.15, 0.2) is 0 Å². The quantitative estimate of drug-likeness (QED) is 0.503. The molecule has 0 aromatic heterocycles. The van der Waals surface area contributed by atoms with E-state index in [1.54, 1.807) is 0 Å². The van der Waals surface area contributed by atoms with E-state index in [2.05, 4.69) is 20.8 Å². The Morgan fingerprint density at radius 2 is 1.71 bits per heavy atom. The third-order valence-corrected chi connectivity index (χ3v) is 2.86. The first-order chi connectivity index (χ1) is 6.76. The Bertz CT molecular complexity index is 140. The largest absolute Gasteiger partial charge is 0.299 e. The van der Waals surface area contributed by atoms with Gasteiger partial charge in [-0.3, -0.25) is 4.79 Å². The van der Waals surface area contributed by atoms with Crippen LogP contribution in [0, 0.1) is 5.92 Å². The van der Waals surface area contributed by atoms with Gasteiger partial charge in [0.25, 0.3) is 0 Å². The minimum Gasteiger partial charge on any atom is -0.299 e. The number of carbonyl (C=O) groups excluding carboxylic acids is 1. The van der Waals surface area contributed by atoms with E-state index in [1.807, 2.05) is 0 Å². The molecule has 0 amide bonds. The predicted octanol–water partition coefficient (Wildman–Crippen LogP) is 4.35. The van der Waals surface area contributed by atoms with E-state index in [9.17, 15) is 4.79 Å². The number of Topliss-reactive ketones (excluding diaryl/α,β-unsaturated/α-hetero) is 1. The van der Waals surface area contributed by atoms with Crippen LogP contribution in [0.25, 0.3) is 0 Å². The van der Waals surface area contributed by atoms with Crippen molar-refractivity contribution in [2.75, 3.05) is 0 Å². The third kappa shape index (κ3) is 6.17. The van der Waals surface area contributed by atoms with Crippen molar-refractivity contribution in [3.05, 3.63) is 0 Å². The molecule has 84 valence electrons. The molecule has 0 aliphatic rings. The van der Waals surface area contributed by atoms with Crippen LogP contribution in [0.5, 0.6) is 0 Å². The van der Waals surface area contributed by atoms with Crippen LogP contribution < -0.4 is 0 Å². The van der Waals surface area contributed by atoms with Crippen LogP contribution >= 0.6 is 0 Å². The average Bonchev–Trinajstić information content (AvgIpc) is 2.20. The summed E-state index contributed by atoms with van der Waals surface area (Å²) in [5.74, 6) is 0.854. The van der Waals surface area contributed by atoms with Crippen LogP contribution in [0.4, 0.5) is 0 Å². The molecule has 0 saturated heterocycles. The van der Waals surface area contributed by atoms with E-state index >= 15 is 0 Å². The molecular formula is C13H26O. The maximum atomic E-state index is 11.7. The third-order valence-electron chi connectivity index (χ3n) is 2.86. The fourth-order valence-electron chi connectivity index (χ4n) is 1.87. The number of hydrogen-bond donors (Lipinski definition) is 0. The highest BCUT2D eigenvalue weighted by Gasteiger charge is 2.14. The Kier molecular flexibility index (Phi) is 9.02. The molecule has 0 aliphatic carbocycles. The van der Waals surface area contributed by atoms with Crippen molar-refractivity contribution in [1.82, 2.24) is 0 Å². The Balaban J connectivity index is 3.58. The summed E-state index contributed by atoms with van der Waals surface area (Å²) in [7, 11) is 0. The standard InChI is InChI=1S/C13H26O/c1-4-7-8-9-11-13(14)12(6-3)10-5-2/h12H,4-11H2,1-3H3. The molecule has 1 heteroatoms. The first kappa shape index (κ1) is 13.7. The second-order valence-electron chi connectivity index (χ2n) is 4.17. The van der Waals surface area contributed by atoms with Crippen molar-refractivity contribution in [2.24, 2.45) is 5.92 Å². The zero-order chi connectivity index (χ0) is 10.8. The van der Waals surface area contributed by atoms with Crippen molar-refractivity contribution >= 4 is 5.78 Å². The van der Waals surface area contributed by atoms with E-state index in [0.29, 0.717) is 11.7 Å². The number of rotatable bonds is 9. The van der Waals surface area contributed by atoms with Gasteiger partial charge in [-0.05, 0) is 19.3 Å². The van der Waals surface area contributed by atoms with Crippen molar-refractivity contribution in [1.29, 1.82) is 0 Å². The summed E-state index contributed by atoms with van der Waals surface area (Å²) in [5.41, 5.74) is 0. The lowest BCUT2D eigenvalue weighted by molar-refractivity contribution is -0.123. The second kappa shape index (κ2) is 9.23. The molecular weight excluding hydrogens is 172 g/mol. The predicted molar refractivity (Wildman–Crippen MR) is 62.5 cm³/mol. The zero-order valence-electron chi connectivity index (χ0n) is 10.1. The van der Waals surface area contributed by atoms with E-state index in [-0.39, 0.29) is 0 Å². The minimum atomic E-state index is 0.349. The van der Waals surface area contributed by atoms with Crippen LogP contribution in [0.15, 0.2) is 0 Å². The van der Waals surface area contributed by atoms with Crippen LogP contribution in [-0.2, 0) is 4.79 Å². The monoisotopic (exact) mass is 198 g/mol. The van der Waals surface area contributed by atoms with Crippen molar-refractivity contribution in [3.8, 4) is 0 Å². The normalized spacial score (nSPS) is 12.8. The molecule has 0 fully saturated rings. The van der Waals surface area contributed by atoms with Gasteiger partial charge < -0.3 is 0 Å². The molecule has 0 saturated carbocycles. The summed E-state index contributed by atoms with van der Waals surface area (Å²) in [4.78, 5) is 11.7. The summed E-state index contributed by atoms with van der Waals surface area (Å²) in [6.45, 7) is 6.49. The lowest BCUT2D eigenvalue weighted by Gasteiger charge is -2.11. The van der Waals surface area contributed by atoms with Gasteiger partial charge in [0.05, 0.1) is 0 Å². The van der Waals surface area contributed by atoms with E-state index < -0.39 is 0 Å². The van der Waals surface area contributed by atoms with Gasteiger partial charge in [-0.25, -0.2) is 0 Å². The van der Waals surface area contributed by atoms with Gasteiger partial charge in [-0.1, -0.05) is 46.5 Å².